The van der Waals surface area contributed by atoms with E-state index in [-0.39, 0.29) is 29.2 Å². The third kappa shape index (κ3) is 3.31. The van der Waals surface area contributed by atoms with Crippen LogP contribution in [0.15, 0.2) is 15.9 Å². The number of hydrogen-bond acceptors (Lipinski definition) is 3. The van der Waals surface area contributed by atoms with Gasteiger partial charge in [0, 0.05) is 6.04 Å². The van der Waals surface area contributed by atoms with Crippen LogP contribution in [0.25, 0.3) is 0 Å². The highest BCUT2D eigenvalue weighted by molar-refractivity contribution is 9.11. The molecular weight excluding hydrogens is 354 g/mol. The molecule has 2 N–H and O–H groups in total. The highest BCUT2D eigenvalue weighted by Crippen LogP contribution is 2.45. The Balaban J connectivity index is 2.09. The minimum absolute atomic E-state index is 0.0176. The Hall–Kier alpha value is -0.880. The molecule has 6 heteroatoms. The van der Waals surface area contributed by atoms with E-state index in [0.717, 1.165) is 3.79 Å². The number of carbonyl (C=O) groups excluding carboxylic acids is 1. The first-order valence-electron chi connectivity index (χ1n) is 7.02. The molecule has 1 fully saturated rings. The molecule has 0 aromatic carbocycles. The summed E-state index contributed by atoms with van der Waals surface area (Å²) >= 11 is 4.75. The zero-order valence-corrected chi connectivity index (χ0v) is 14.8. The van der Waals surface area contributed by atoms with Crippen molar-refractivity contribution in [3.05, 3.63) is 20.8 Å². The summed E-state index contributed by atoms with van der Waals surface area (Å²) in [6.07, 6.45) is 1.31. The maximum Gasteiger partial charge on any atom is 0.307 e. The first-order valence-corrected chi connectivity index (χ1v) is 8.63. The molecule has 0 radical (unpaired) electrons. The maximum atomic E-state index is 12.3. The average Bonchev–Trinajstić information content (AvgIpc) is 2.81. The number of carbonyl (C=O) groups is 2. The second-order valence-electron chi connectivity index (χ2n) is 6.26. The van der Waals surface area contributed by atoms with E-state index < -0.39 is 5.97 Å². The van der Waals surface area contributed by atoms with Crippen LogP contribution < -0.4 is 5.32 Å². The van der Waals surface area contributed by atoms with Crippen LogP contribution in [0.2, 0.25) is 0 Å². The zero-order chi connectivity index (χ0) is 15.8. The molecule has 1 aromatic heterocycles. The Morgan fingerprint density at radius 3 is 2.57 bits per heavy atom. The van der Waals surface area contributed by atoms with E-state index in [1.807, 2.05) is 26.8 Å². The van der Waals surface area contributed by atoms with Crippen molar-refractivity contribution in [2.45, 2.75) is 39.7 Å². The lowest BCUT2D eigenvalue weighted by atomic mass is 9.61. The lowest BCUT2D eigenvalue weighted by molar-refractivity contribution is -0.150. The predicted octanol–water partition coefficient (Wildman–Crippen LogP) is 3.77. The summed E-state index contributed by atoms with van der Waals surface area (Å²) in [6.45, 7) is 6.00. The zero-order valence-electron chi connectivity index (χ0n) is 12.4. The molecule has 21 heavy (non-hydrogen) atoms. The van der Waals surface area contributed by atoms with Crippen LogP contribution in [0.3, 0.4) is 0 Å². The molecule has 3 atom stereocenters. The summed E-state index contributed by atoms with van der Waals surface area (Å²) in [4.78, 5) is 24.3. The predicted molar refractivity (Wildman–Crippen MR) is 86.6 cm³/mol. The smallest absolute Gasteiger partial charge is 0.307 e. The van der Waals surface area contributed by atoms with Crippen molar-refractivity contribution in [1.29, 1.82) is 0 Å². The number of thiophene rings is 1. The summed E-state index contributed by atoms with van der Waals surface area (Å²) in [5, 5.41) is 12.4. The normalized spacial score (nSPS) is 28.1. The maximum absolute atomic E-state index is 12.3. The lowest BCUT2D eigenvalue weighted by Crippen LogP contribution is -2.52. The van der Waals surface area contributed by atoms with Crippen LogP contribution in [0.4, 0.5) is 0 Å². The highest BCUT2D eigenvalue weighted by atomic mass is 79.9. The number of carboxylic acids is 1. The molecule has 0 aliphatic heterocycles. The summed E-state index contributed by atoms with van der Waals surface area (Å²) < 4.78 is 0.926. The number of rotatable bonds is 3. The standard InChI is InChI=1S/C15H20BrNO3S/c1-8-10(5-4-9(14(19)20)15(8,2)3)17-13(18)11-6-7-12(16)21-11/h6-10H,4-5H2,1-3H3,(H,17,18)(H,19,20). The third-order valence-corrected chi connectivity index (χ3v) is 6.48. The van der Waals surface area contributed by atoms with Gasteiger partial charge in [-0.2, -0.15) is 0 Å². The number of carboxylic acid groups (broad SMARTS) is 1. The van der Waals surface area contributed by atoms with Crippen molar-refractivity contribution in [2.24, 2.45) is 17.3 Å². The highest BCUT2D eigenvalue weighted by Gasteiger charge is 2.46. The van der Waals surface area contributed by atoms with Gasteiger partial charge in [0.25, 0.3) is 5.91 Å². The fourth-order valence-corrected chi connectivity index (χ4v) is 4.41. The van der Waals surface area contributed by atoms with Gasteiger partial charge in [0.1, 0.15) is 0 Å². The first-order chi connectivity index (χ1) is 9.73. The van der Waals surface area contributed by atoms with Crippen molar-refractivity contribution in [1.82, 2.24) is 5.32 Å². The van der Waals surface area contributed by atoms with Gasteiger partial charge < -0.3 is 10.4 Å². The summed E-state index contributed by atoms with van der Waals surface area (Å²) in [7, 11) is 0. The lowest BCUT2D eigenvalue weighted by Gasteiger charge is -2.46. The average molecular weight is 374 g/mol. The molecule has 0 saturated heterocycles. The molecule has 1 saturated carbocycles. The largest absolute Gasteiger partial charge is 0.481 e. The molecule has 3 unspecified atom stereocenters. The molecule has 2 rings (SSSR count). The Bertz CT molecular complexity index is 555. The second-order valence-corrected chi connectivity index (χ2v) is 8.72. The summed E-state index contributed by atoms with van der Waals surface area (Å²) in [5.41, 5.74) is -0.335. The first kappa shape index (κ1) is 16.5. The second kappa shape index (κ2) is 6.08. The number of amides is 1. The van der Waals surface area contributed by atoms with Crippen molar-refractivity contribution in [2.75, 3.05) is 0 Å². The van der Waals surface area contributed by atoms with Gasteiger partial charge in [-0.1, -0.05) is 20.8 Å². The van der Waals surface area contributed by atoms with Crippen molar-refractivity contribution in [3.63, 3.8) is 0 Å². The molecule has 116 valence electrons. The van der Waals surface area contributed by atoms with Crippen molar-refractivity contribution in [3.8, 4) is 0 Å². The summed E-state index contributed by atoms with van der Waals surface area (Å²) in [6, 6.07) is 3.67. The minimum Gasteiger partial charge on any atom is -0.481 e. The molecular formula is C15H20BrNO3S. The van der Waals surface area contributed by atoms with Gasteiger partial charge in [-0.05, 0) is 52.2 Å². The molecule has 1 amide bonds. The topological polar surface area (TPSA) is 66.4 Å². The van der Waals surface area contributed by atoms with Gasteiger partial charge in [0.15, 0.2) is 0 Å². The van der Waals surface area contributed by atoms with Crippen molar-refractivity contribution >= 4 is 39.1 Å². The van der Waals surface area contributed by atoms with Crippen LogP contribution in [0.1, 0.15) is 43.3 Å². The van der Waals surface area contributed by atoms with Crippen LogP contribution in [-0.2, 0) is 4.79 Å². The van der Waals surface area contributed by atoms with Crippen molar-refractivity contribution < 1.29 is 14.7 Å². The number of nitrogens with one attached hydrogen (secondary N) is 1. The Kier molecular flexibility index (Phi) is 4.78. The number of hydrogen-bond donors (Lipinski definition) is 2. The molecule has 4 nitrogen and oxygen atoms in total. The van der Waals surface area contributed by atoms with E-state index in [1.54, 1.807) is 6.07 Å². The van der Waals surface area contributed by atoms with E-state index in [9.17, 15) is 14.7 Å². The van der Waals surface area contributed by atoms with Crippen LogP contribution in [-0.4, -0.2) is 23.0 Å². The SMILES string of the molecule is CC1C(NC(=O)c2ccc(Br)s2)CCC(C(=O)O)C1(C)C. The van der Waals surface area contributed by atoms with Crippen LogP contribution in [0.5, 0.6) is 0 Å². The fraction of sp³-hybridized carbons (Fsp3) is 0.600. The van der Waals surface area contributed by atoms with Gasteiger partial charge in [-0.25, -0.2) is 0 Å². The molecule has 0 spiro atoms. The van der Waals surface area contributed by atoms with E-state index in [0.29, 0.717) is 17.7 Å². The number of halogens is 1. The van der Waals surface area contributed by atoms with E-state index in [1.165, 1.54) is 11.3 Å². The summed E-state index contributed by atoms with van der Waals surface area (Å²) in [5.74, 6) is -1.05. The molecule has 1 heterocycles. The van der Waals surface area contributed by atoms with Gasteiger partial charge in [0.2, 0.25) is 0 Å². The van der Waals surface area contributed by atoms with Gasteiger partial charge in [0.05, 0.1) is 14.6 Å². The molecule has 1 aromatic rings. The number of aliphatic carboxylic acids is 1. The Labute approximate surface area is 137 Å². The fourth-order valence-electron chi connectivity index (χ4n) is 3.12. The van der Waals surface area contributed by atoms with E-state index >= 15 is 0 Å². The van der Waals surface area contributed by atoms with Crippen LogP contribution in [0, 0.1) is 17.3 Å². The molecule has 1 aliphatic carbocycles. The van der Waals surface area contributed by atoms with E-state index in [4.69, 9.17) is 0 Å². The van der Waals surface area contributed by atoms with E-state index in [2.05, 4.69) is 21.2 Å². The Morgan fingerprint density at radius 1 is 1.38 bits per heavy atom. The van der Waals surface area contributed by atoms with Gasteiger partial charge in [-0.15, -0.1) is 11.3 Å². The quantitative estimate of drug-likeness (QED) is 0.847. The molecule has 1 aliphatic rings. The minimum atomic E-state index is -0.737. The van der Waals surface area contributed by atoms with Gasteiger partial charge in [-0.3, -0.25) is 9.59 Å². The molecule has 0 bridgehead atoms. The van der Waals surface area contributed by atoms with Gasteiger partial charge >= 0.3 is 5.97 Å². The van der Waals surface area contributed by atoms with Crippen LogP contribution >= 0.6 is 27.3 Å². The Morgan fingerprint density at radius 2 is 2.05 bits per heavy atom. The monoisotopic (exact) mass is 373 g/mol. The third-order valence-electron chi connectivity index (χ3n) is 4.85.